The fourth-order valence-corrected chi connectivity index (χ4v) is 8.31. The van der Waals surface area contributed by atoms with E-state index in [2.05, 4.69) is 19.9 Å². The van der Waals surface area contributed by atoms with Gasteiger partial charge in [-0.3, -0.25) is 0 Å². The Balaban J connectivity index is 1.15. The minimum Gasteiger partial charge on any atom is -0.459 e. The molecule has 0 aliphatic heterocycles. The molecule has 4 aliphatic carbocycles. The quantitative estimate of drug-likeness (QED) is 0.325. The second-order valence-corrected chi connectivity index (χ2v) is 12.3. The Kier molecular flexibility index (Phi) is 6.25. The van der Waals surface area contributed by atoms with Gasteiger partial charge in [-0.1, -0.05) is 61.9 Å². The molecule has 0 heterocycles. The van der Waals surface area contributed by atoms with Crippen LogP contribution in [0.2, 0.25) is 0 Å². The van der Waals surface area contributed by atoms with E-state index in [4.69, 9.17) is 9.47 Å². The Morgan fingerprint density at radius 3 is 2.11 bits per heavy atom. The van der Waals surface area contributed by atoms with E-state index in [-0.39, 0.29) is 35.0 Å². The second kappa shape index (κ2) is 9.45. The van der Waals surface area contributed by atoms with Crippen molar-refractivity contribution in [2.24, 2.45) is 28.6 Å². The molecular weight excluding hydrogens is 460 g/mol. The normalized spacial score (nSPS) is 36.4. The molecule has 0 N–H and O–H groups in total. The Morgan fingerprint density at radius 1 is 0.784 bits per heavy atom. The van der Waals surface area contributed by atoms with Gasteiger partial charge in [-0.25, -0.2) is 9.59 Å². The lowest BCUT2D eigenvalue weighted by Crippen LogP contribution is -2.49. The first kappa shape index (κ1) is 24.5. The van der Waals surface area contributed by atoms with Gasteiger partial charge in [0.25, 0.3) is 0 Å². The van der Waals surface area contributed by atoms with Crippen molar-refractivity contribution in [1.29, 1.82) is 0 Å². The van der Waals surface area contributed by atoms with Crippen molar-refractivity contribution in [3.63, 3.8) is 0 Å². The zero-order valence-corrected chi connectivity index (χ0v) is 22.0. The van der Waals surface area contributed by atoms with E-state index in [1.165, 1.54) is 12.8 Å². The van der Waals surface area contributed by atoms with Gasteiger partial charge in [0.1, 0.15) is 12.2 Å². The summed E-state index contributed by atoms with van der Waals surface area (Å²) in [4.78, 5) is 25.5. The number of ether oxygens (including phenoxy) is 2. The Morgan fingerprint density at radius 2 is 1.43 bits per heavy atom. The average molecular weight is 499 g/mol. The molecular formula is C33H38O4. The van der Waals surface area contributed by atoms with Crippen LogP contribution in [0.15, 0.2) is 72.3 Å². The number of allylic oxidation sites excluding steroid dienone is 2. The lowest BCUT2D eigenvalue weighted by atomic mass is 9.49. The fourth-order valence-electron chi connectivity index (χ4n) is 8.31. The van der Waals surface area contributed by atoms with Gasteiger partial charge in [-0.15, -0.1) is 0 Å². The summed E-state index contributed by atoms with van der Waals surface area (Å²) in [5.74, 6) is 1.30. The number of rotatable bonds is 4. The first-order valence-corrected chi connectivity index (χ1v) is 14.1. The van der Waals surface area contributed by atoms with Crippen LogP contribution in [0.4, 0.5) is 0 Å². The molecule has 2 aromatic carbocycles. The van der Waals surface area contributed by atoms with E-state index >= 15 is 0 Å². The molecule has 3 saturated carbocycles. The maximum atomic E-state index is 12.9. The topological polar surface area (TPSA) is 52.6 Å². The first-order valence-electron chi connectivity index (χ1n) is 14.1. The molecule has 0 aromatic heterocycles. The first-order chi connectivity index (χ1) is 17.9. The molecule has 7 atom stereocenters. The standard InChI is InChI=1S/C33H38O4/c1-32-19-17-25(36-30(34)22-9-5-3-6-10-22)21-24(32)13-14-26-27-15-16-29(33(27,2)20-18-28(26)32)37-31(35)23-11-7-4-8-12-23/h3-12,18,24-27,29H,13-17,19-21H2,1-2H3/t24-,25-,26+,27+,29-,32+,33+/m1/s1. The molecule has 0 unspecified atom stereocenters. The Labute approximate surface area is 220 Å². The molecule has 0 radical (unpaired) electrons. The number of esters is 2. The SMILES string of the molecule is C[C@]12CC=C3[C@@H](CC[C@@H]4C[C@H](OC(=O)c5ccccc5)CC[C@]34C)[C@@H]1CC[C@H]2OC(=O)c1ccccc1. The van der Waals surface area contributed by atoms with Crippen LogP contribution in [0.1, 0.15) is 85.9 Å². The van der Waals surface area contributed by atoms with Crippen LogP contribution in [0.3, 0.4) is 0 Å². The van der Waals surface area contributed by atoms with Crippen LogP contribution in [-0.2, 0) is 9.47 Å². The summed E-state index contributed by atoms with van der Waals surface area (Å²) in [6.45, 7) is 4.82. The fraction of sp³-hybridized carbons (Fsp3) is 0.515. The van der Waals surface area contributed by atoms with Crippen molar-refractivity contribution < 1.29 is 19.1 Å². The summed E-state index contributed by atoms with van der Waals surface area (Å²) in [5, 5.41) is 0. The highest BCUT2D eigenvalue weighted by Gasteiger charge is 2.58. The molecule has 194 valence electrons. The molecule has 0 amide bonds. The van der Waals surface area contributed by atoms with Gasteiger partial charge in [0.2, 0.25) is 0 Å². The molecule has 4 heteroatoms. The monoisotopic (exact) mass is 498 g/mol. The van der Waals surface area contributed by atoms with E-state index in [0.717, 1.165) is 38.5 Å². The summed E-state index contributed by atoms with van der Waals surface area (Å²) in [6, 6.07) is 18.7. The lowest BCUT2D eigenvalue weighted by Gasteiger charge is -2.56. The molecule has 0 bridgehead atoms. The summed E-state index contributed by atoms with van der Waals surface area (Å²) >= 11 is 0. The highest BCUT2D eigenvalue weighted by atomic mass is 16.5. The van der Waals surface area contributed by atoms with E-state index in [0.29, 0.717) is 28.9 Å². The van der Waals surface area contributed by atoms with Crippen molar-refractivity contribution in [1.82, 2.24) is 0 Å². The van der Waals surface area contributed by atoms with Crippen LogP contribution < -0.4 is 0 Å². The number of carbonyl (C=O) groups is 2. The van der Waals surface area contributed by atoms with Crippen molar-refractivity contribution in [3.05, 3.63) is 83.4 Å². The zero-order valence-electron chi connectivity index (χ0n) is 22.0. The van der Waals surface area contributed by atoms with Gasteiger partial charge in [0.15, 0.2) is 0 Å². The van der Waals surface area contributed by atoms with Gasteiger partial charge in [0, 0.05) is 5.41 Å². The van der Waals surface area contributed by atoms with Gasteiger partial charge in [-0.05, 0) is 98.8 Å². The third-order valence-corrected chi connectivity index (χ3v) is 10.4. The number of hydrogen-bond donors (Lipinski definition) is 0. The van der Waals surface area contributed by atoms with Gasteiger partial charge in [-0.2, -0.15) is 0 Å². The van der Waals surface area contributed by atoms with Crippen LogP contribution >= 0.6 is 0 Å². The van der Waals surface area contributed by atoms with Crippen LogP contribution in [0.5, 0.6) is 0 Å². The molecule has 0 spiro atoms. The minimum atomic E-state index is -0.197. The van der Waals surface area contributed by atoms with Crippen LogP contribution in [0, 0.1) is 28.6 Å². The number of fused-ring (bicyclic) bond motifs is 5. The summed E-state index contributed by atoms with van der Waals surface area (Å²) < 4.78 is 12.1. The lowest BCUT2D eigenvalue weighted by molar-refractivity contribution is -0.0434. The predicted octanol–water partition coefficient (Wildman–Crippen LogP) is 7.40. The molecule has 0 saturated heterocycles. The highest BCUT2D eigenvalue weighted by molar-refractivity contribution is 5.90. The van der Waals surface area contributed by atoms with Crippen LogP contribution in [-0.4, -0.2) is 24.1 Å². The molecule has 2 aromatic rings. The summed E-state index contributed by atoms with van der Waals surface area (Å²) in [6.07, 6.45) is 10.9. The van der Waals surface area contributed by atoms with Crippen molar-refractivity contribution in [2.45, 2.75) is 77.4 Å². The molecule has 37 heavy (non-hydrogen) atoms. The molecule has 6 rings (SSSR count). The third-order valence-electron chi connectivity index (χ3n) is 10.4. The highest BCUT2D eigenvalue weighted by Crippen LogP contribution is 2.64. The van der Waals surface area contributed by atoms with E-state index < -0.39 is 0 Å². The minimum absolute atomic E-state index is 0.00419. The molecule has 4 aliphatic rings. The van der Waals surface area contributed by atoms with Gasteiger partial charge >= 0.3 is 11.9 Å². The summed E-state index contributed by atoms with van der Waals surface area (Å²) in [5.41, 5.74) is 3.11. The second-order valence-electron chi connectivity index (χ2n) is 12.3. The van der Waals surface area contributed by atoms with Crippen molar-refractivity contribution >= 4 is 11.9 Å². The summed E-state index contributed by atoms with van der Waals surface area (Å²) in [7, 11) is 0. The Bertz CT molecular complexity index is 1190. The van der Waals surface area contributed by atoms with E-state index in [1.807, 2.05) is 60.7 Å². The predicted molar refractivity (Wildman–Crippen MR) is 143 cm³/mol. The van der Waals surface area contributed by atoms with Gasteiger partial charge in [0.05, 0.1) is 11.1 Å². The van der Waals surface area contributed by atoms with Crippen LogP contribution in [0.25, 0.3) is 0 Å². The maximum absolute atomic E-state index is 12.9. The third kappa shape index (κ3) is 4.23. The largest absolute Gasteiger partial charge is 0.459 e. The van der Waals surface area contributed by atoms with Crippen molar-refractivity contribution in [3.8, 4) is 0 Å². The van der Waals surface area contributed by atoms with Crippen molar-refractivity contribution in [2.75, 3.05) is 0 Å². The molecule has 3 fully saturated rings. The van der Waals surface area contributed by atoms with Gasteiger partial charge < -0.3 is 9.47 Å². The van der Waals surface area contributed by atoms with E-state index in [9.17, 15) is 9.59 Å². The number of benzene rings is 2. The zero-order chi connectivity index (χ0) is 25.6. The smallest absolute Gasteiger partial charge is 0.338 e. The van der Waals surface area contributed by atoms with E-state index in [1.54, 1.807) is 5.57 Å². The Hall–Kier alpha value is -2.88. The number of carbonyl (C=O) groups excluding carboxylic acids is 2. The molecule has 4 nitrogen and oxygen atoms in total. The average Bonchev–Trinajstić information content (AvgIpc) is 3.25. The maximum Gasteiger partial charge on any atom is 0.338 e. The number of hydrogen-bond acceptors (Lipinski definition) is 4.